The summed E-state index contributed by atoms with van der Waals surface area (Å²) in [5, 5.41) is 34.6. The van der Waals surface area contributed by atoms with Gasteiger partial charge in [0.05, 0.1) is 11.0 Å². The number of amides is 2. The van der Waals surface area contributed by atoms with Gasteiger partial charge in [0.25, 0.3) is 5.91 Å². The van der Waals surface area contributed by atoms with Crippen LogP contribution in [0.4, 0.5) is 10.5 Å². The molecule has 1 aliphatic rings. The van der Waals surface area contributed by atoms with Gasteiger partial charge in [-0.25, -0.2) is 9.59 Å². The summed E-state index contributed by atoms with van der Waals surface area (Å²) in [6.45, 7) is 8.69. The molecule has 4 rings (SSSR count). The summed E-state index contributed by atoms with van der Waals surface area (Å²) < 4.78 is 27.9. The van der Waals surface area contributed by atoms with Crippen molar-refractivity contribution in [3.05, 3.63) is 69.1 Å². The fourth-order valence-electron chi connectivity index (χ4n) is 5.06. The molecule has 0 saturated carbocycles. The summed E-state index contributed by atoms with van der Waals surface area (Å²) in [5.41, 5.74) is 4.54. The minimum atomic E-state index is -1.52. The van der Waals surface area contributed by atoms with E-state index in [-0.39, 0.29) is 33.6 Å². The lowest BCUT2D eigenvalue weighted by atomic mass is 9.89. The van der Waals surface area contributed by atoms with E-state index in [1.54, 1.807) is 20.8 Å². The predicted octanol–water partition coefficient (Wildman–Crippen LogP) is 3.63. The van der Waals surface area contributed by atoms with Gasteiger partial charge in [-0.3, -0.25) is 4.79 Å². The SMILES string of the molecule is COC1C(OC(N)=O)C(O)C(Oc2ccc3c(O)c(NC(=O)c4ccc(O)c(CC=C(C)C)c4)c(=O)oc3c2C)OC1(C)C. The summed E-state index contributed by atoms with van der Waals surface area (Å²) in [7, 11) is 1.37. The van der Waals surface area contributed by atoms with Gasteiger partial charge in [-0.05, 0) is 76.9 Å². The first-order valence-electron chi connectivity index (χ1n) is 13.7. The fraction of sp³-hybridized carbons (Fsp3) is 0.387. The van der Waals surface area contributed by atoms with E-state index in [4.69, 9.17) is 29.1 Å². The van der Waals surface area contributed by atoms with Crippen LogP contribution < -0.4 is 21.4 Å². The third-order valence-electron chi connectivity index (χ3n) is 7.33. The third-order valence-corrected chi connectivity index (χ3v) is 7.33. The van der Waals surface area contributed by atoms with E-state index < -0.39 is 59.3 Å². The molecule has 236 valence electrons. The molecular formula is C31H36N2O11. The number of nitrogens with two attached hydrogens (primary N) is 1. The quantitative estimate of drug-likeness (QED) is 0.184. The molecule has 4 unspecified atom stereocenters. The Labute approximate surface area is 252 Å². The molecule has 1 aromatic heterocycles. The number of allylic oxidation sites excluding steroid dienone is 2. The third kappa shape index (κ3) is 6.49. The van der Waals surface area contributed by atoms with Crippen LogP contribution in [0.5, 0.6) is 17.2 Å². The molecule has 2 heterocycles. The van der Waals surface area contributed by atoms with Crippen molar-refractivity contribution in [2.45, 2.75) is 71.2 Å². The predicted molar refractivity (Wildman–Crippen MR) is 159 cm³/mol. The molecule has 0 radical (unpaired) electrons. The molecule has 0 aliphatic carbocycles. The van der Waals surface area contributed by atoms with Gasteiger partial charge in [0.15, 0.2) is 23.6 Å². The maximum atomic E-state index is 13.0. The first kappa shape index (κ1) is 32.3. The zero-order valence-electron chi connectivity index (χ0n) is 25.2. The van der Waals surface area contributed by atoms with Crippen LogP contribution in [0.15, 0.2) is 51.2 Å². The van der Waals surface area contributed by atoms with E-state index in [0.29, 0.717) is 12.0 Å². The topological polar surface area (TPSA) is 200 Å². The van der Waals surface area contributed by atoms with Crippen LogP contribution in [-0.4, -0.2) is 64.6 Å². The second kappa shape index (κ2) is 12.6. The standard InChI is InChI=1S/C31H36N2O11/c1-14(2)7-8-16-13-17(9-11-19(16)34)27(37)33-21-22(35)18-10-12-20(15(3)24(18)42-28(21)38)41-29-23(36)25(43-30(32)39)26(40-6)31(4,5)44-29/h7,9-13,23,25-26,29,34-36H,8H2,1-6H3,(H2,32,39)(H,33,37). The van der Waals surface area contributed by atoms with Gasteiger partial charge in [0, 0.05) is 18.2 Å². The van der Waals surface area contributed by atoms with E-state index in [1.807, 2.05) is 19.9 Å². The minimum absolute atomic E-state index is 0.0183. The average Bonchev–Trinajstić information content (AvgIpc) is 2.94. The monoisotopic (exact) mass is 612 g/mol. The molecule has 0 spiro atoms. The maximum Gasteiger partial charge on any atom is 0.404 e. The normalized spacial score (nSPS) is 21.0. The Kier molecular flexibility index (Phi) is 9.23. The van der Waals surface area contributed by atoms with Crippen molar-refractivity contribution in [3.8, 4) is 17.2 Å². The molecule has 13 heteroatoms. The Morgan fingerprint density at radius 2 is 1.86 bits per heavy atom. The lowest BCUT2D eigenvalue weighted by Gasteiger charge is -2.47. The molecule has 2 aromatic carbocycles. The van der Waals surface area contributed by atoms with Gasteiger partial charge in [-0.1, -0.05) is 11.6 Å². The number of carbonyl (C=O) groups excluding carboxylic acids is 2. The average molecular weight is 613 g/mol. The molecule has 1 aliphatic heterocycles. The number of aliphatic hydroxyl groups is 1. The highest BCUT2D eigenvalue weighted by Crippen LogP contribution is 2.38. The Hall–Kier alpha value is -4.59. The van der Waals surface area contributed by atoms with Crippen LogP contribution >= 0.6 is 0 Å². The van der Waals surface area contributed by atoms with Crippen molar-refractivity contribution < 1.29 is 48.3 Å². The fourth-order valence-corrected chi connectivity index (χ4v) is 5.06. The van der Waals surface area contributed by atoms with E-state index in [1.165, 1.54) is 37.4 Å². The van der Waals surface area contributed by atoms with Crippen molar-refractivity contribution in [1.82, 2.24) is 0 Å². The molecule has 4 atom stereocenters. The van der Waals surface area contributed by atoms with Gasteiger partial charge in [-0.2, -0.15) is 0 Å². The number of fused-ring (bicyclic) bond motifs is 1. The van der Waals surface area contributed by atoms with E-state index in [9.17, 15) is 29.7 Å². The molecule has 1 fully saturated rings. The highest BCUT2D eigenvalue weighted by molar-refractivity contribution is 6.06. The van der Waals surface area contributed by atoms with Gasteiger partial charge in [0.1, 0.15) is 23.2 Å². The lowest BCUT2D eigenvalue weighted by Crippen LogP contribution is -2.65. The zero-order valence-corrected chi connectivity index (χ0v) is 25.2. The highest BCUT2D eigenvalue weighted by atomic mass is 16.7. The molecule has 1 saturated heterocycles. The second-order valence-electron chi connectivity index (χ2n) is 11.2. The minimum Gasteiger partial charge on any atom is -0.508 e. The molecule has 44 heavy (non-hydrogen) atoms. The summed E-state index contributed by atoms with van der Waals surface area (Å²) in [6.07, 6.45) is -3.81. The van der Waals surface area contributed by atoms with Crippen molar-refractivity contribution in [1.29, 1.82) is 0 Å². The second-order valence-corrected chi connectivity index (χ2v) is 11.2. The van der Waals surface area contributed by atoms with Gasteiger partial charge >= 0.3 is 11.7 Å². The number of nitrogens with one attached hydrogen (secondary N) is 1. The number of anilines is 1. The number of rotatable bonds is 8. The molecule has 0 bridgehead atoms. The summed E-state index contributed by atoms with van der Waals surface area (Å²) in [5.74, 6) is -1.09. The number of hydrogen-bond acceptors (Lipinski definition) is 11. The number of phenolic OH excluding ortho intramolecular Hbond substituents is 1. The Morgan fingerprint density at radius 3 is 2.50 bits per heavy atom. The van der Waals surface area contributed by atoms with Crippen LogP contribution in [0.25, 0.3) is 11.0 Å². The van der Waals surface area contributed by atoms with Gasteiger partial charge < -0.3 is 49.7 Å². The van der Waals surface area contributed by atoms with Crippen molar-refractivity contribution in [2.24, 2.45) is 5.73 Å². The zero-order chi connectivity index (χ0) is 32.5. The number of aliphatic hydroxyl groups excluding tert-OH is 1. The molecule has 3 aromatic rings. The van der Waals surface area contributed by atoms with Crippen LogP contribution in [-0.2, 0) is 20.6 Å². The number of aryl methyl sites for hydroxylation is 1. The molecule has 13 nitrogen and oxygen atoms in total. The largest absolute Gasteiger partial charge is 0.508 e. The first-order valence-corrected chi connectivity index (χ1v) is 13.7. The summed E-state index contributed by atoms with van der Waals surface area (Å²) >= 11 is 0. The van der Waals surface area contributed by atoms with E-state index in [0.717, 1.165) is 5.57 Å². The van der Waals surface area contributed by atoms with Gasteiger partial charge in [0.2, 0.25) is 6.29 Å². The maximum absolute atomic E-state index is 13.0. The number of benzene rings is 2. The number of primary amides is 1. The molecular weight excluding hydrogens is 576 g/mol. The molecule has 6 N–H and O–H groups in total. The van der Waals surface area contributed by atoms with Crippen LogP contribution in [0.1, 0.15) is 49.2 Å². The van der Waals surface area contributed by atoms with E-state index in [2.05, 4.69) is 5.32 Å². The summed E-state index contributed by atoms with van der Waals surface area (Å²) in [6, 6.07) is 7.12. The number of methoxy groups -OCH3 is 1. The number of aromatic hydroxyl groups is 2. The molecule has 2 amide bonds. The Morgan fingerprint density at radius 1 is 1.16 bits per heavy atom. The number of ether oxygens (including phenoxy) is 4. The lowest BCUT2D eigenvalue weighted by molar-refractivity contribution is -0.304. The van der Waals surface area contributed by atoms with Crippen molar-refractivity contribution in [2.75, 3.05) is 12.4 Å². The first-order chi connectivity index (χ1) is 20.6. The number of phenols is 1. The van der Waals surface area contributed by atoms with Crippen molar-refractivity contribution >= 4 is 28.7 Å². The van der Waals surface area contributed by atoms with E-state index >= 15 is 0 Å². The van der Waals surface area contributed by atoms with Crippen LogP contribution in [0.2, 0.25) is 0 Å². The number of hydrogen-bond donors (Lipinski definition) is 5. The Bertz CT molecular complexity index is 1670. The van der Waals surface area contributed by atoms with Crippen LogP contribution in [0.3, 0.4) is 0 Å². The van der Waals surface area contributed by atoms with Crippen molar-refractivity contribution in [3.63, 3.8) is 0 Å². The smallest absolute Gasteiger partial charge is 0.404 e. The Balaban J connectivity index is 1.63. The van der Waals surface area contributed by atoms with Crippen LogP contribution in [0, 0.1) is 6.92 Å². The highest BCUT2D eigenvalue weighted by Gasteiger charge is 2.53. The number of carbonyl (C=O) groups is 2. The van der Waals surface area contributed by atoms with Gasteiger partial charge in [-0.15, -0.1) is 0 Å². The summed E-state index contributed by atoms with van der Waals surface area (Å²) in [4.78, 5) is 37.5.